The quantitative estimate of drug-likeness (QED) is 0.685. The zero-order valence-corrected chi connectivity index (χ0v) is 13.7. The Morgan fingerprint density at radius 3 is 2.92 bits per heavy atom. The summed E-state index contributed by atoms with van der Waals surface area (Å²) in [5.41, 5.74) is 7.61. The van der Waals surface area contributed by atoms with Crippen molar-refractivity contribution in [2.75, 3.05) is 12.3 Å². The number of imidazole rings is 1. The zero-order chi connectivity index (χ0) is 17.1. The van der Waals surface area contributed by atoms with Crippen molar-refractivity contribution in [1.82, 2.24) is 34.6 Å². The number of nitrogen functional groups attached to an aromatic ring is 1. The summed E-state index contributed by atoms with van der Waals surface area (Å²) >= 11 is 0. The van der Waals surface area contributed by atoms with E-state index in [1.165, 1.54) is 0 Å². The molecule has 9 heteroatoms. The first kappa shape index (κ1) is 15.9. The molecule has 0 radical (unpaired) electrons. The highest BCUT2D eigenvalue weighted by Gasteiger charge is 2.12. The standard InChI is InChI=1S/C15H20N8O/c1-3-22-9-19-21-12(22)5-6-17-14(24)10-7-11-13(18-8-10)23(4-2)15(16)20-11/h7-9H,3-6H2,1-2H3,(H2,16,20)(H,17,24). The minimum absolute atomic E-state index is 0.198. The number of rotatable bonds is 6. The molecule has 0 bridgehead atoms. The number of carbonyl (C=O) groups is 1. The second-order valence-electron chi connectivity index (χ2n) is 5.32. The zero-order valence-electron chi connectivity index (χ0n) is 13.7. The Bertz CT molecular complexity index is 866. The predicted octanol–water partition coefficient (Wildman–Crippen LogP) is 0.617. The van der Waals surface area contributed by atoms with Gasteiger partial charge in [0.25, 0.3) is 5.91 Å². The molecule has 3 rings (SSSR count). The Hall–Kier alpha value is -2.97. The third-order valence-corrected chi connectivity index (χ3v) is 3.86. The van der Waals surface area contributed by atoms with Gasteiger partial charge in [0.05, 0.1) is 5.56 Å². The third kappa shape index (κ3) is 2.92. The van der Waals surface area contributed by atoms with Crippen LogP contribution in [-0.4, -0.2) is 41.8 Å². The number of hydrogen-bond donors (Lipinski definition) is 2. The molecule has 0 saturated heterocycles. The average molecular weight is 328 g/mol. The maximum absolute atomic E-state index is 12.3. The molecule has 3 heterocycles. The normalized spacial score (nSPS) is 11.1. The van der Waals surface area contributed by atoms with Crippen LogP contribution in [0.3, 0.4) is 0 Å². The minimum atomic E-state index is -0.198. The van der Waals surface area contributed by atoms with Crippen molar-refractivity contribution >= 4 is 23.0 Å². The van der Waals surface area contributed by atoms with E-state index in [0.717, 1.165) is 12.4 Å². The molecule has 0 atom stereocenters. The summed E-state index contributed by atoms with van der Waals surface area (Å²) in [5.74, 6) is 1.05. The van der Waals surface area contributed by atoms with Crippen molar-refractivity contribution in [3.8, 4) is 0 Å². The molecule has 0 aromatic carbocycles. The number of aromatic nitrogens is 6. The SMILES string of the molecule is CCn1cnnc1CCNC(=O)c1cnc2c(c1)nc(N)n2CC. The van der Waals surface area contributed by atoms with Crippen LogP contribution in [0.2, 0.25) is 0 Å². The third-order valence-electron chi connectivity index (χ3n) is 3.86. The molecule has 3 aromatic rings. The fourth-order valence-electron chi connectivity index (χ4n) is 2.59. The van der Waals surface area contributed by atoms with Gasteiger partial charge in [-0.05, 0) is 19.9 Å². The van der Waals surface area contributed by atoms with Crippen LogP contribution in [0.1, 0.15) is 30.0 Å². The Morgan fingerprint density at radius 2 is 2.17 bits per heavy atom. The topological polar surface area (TPSA) is 117 Å². The van der Waals surface area contributed by atoms with E-state index in [0.29, 0.717) is 42.2 Å². The van der Waals surface area contributed by atoms with Gasteiger partial charge in [-0.3, -0.25) is 9.36 Å². The first-order valence-electron chi connectivity index (χ1n) is 7.90. The van der Waals surface area contributed by atoms with E-state index >= 15 is 0 Å². The van der Waals surface area contributed by atoms with E-state index in [-0.39, 0.29) is 5.91 Å². The van der Waals surface area contributed by atoms with Gasteiger partial charge in [0.2, 0.25) is 5.95 Å². The number of hydrogen-bond acceptors (Lipinski definition) is 6. The molecule has 126 valence electrons. The Labute approximate surface area is 138 Å². The number of nitrogens with zero attached hydrogens (tertiary/aromatic N) is 6. The number of nitrogens with two attached hydrogens (primary N) is 1. The lowest BCUT2D eigenvalue weighted by atomic mass is 10.2. The number of amides is 1. The van der Waals surface area contributed by atoms with Crippen LogP contribution in [-0.2, 0) is 19.5 Å². The van der Waals surface area contributed by atoms with Crippen molar-refractivity contribution in [2.45, 2.75) is 33.4 Å². The largest absolute Gasteiger partial charge is 0.369 e. The highest BCUT2D eigenvalue weighted by atomic mass is 16.1. The van der Waals surface area contributed by atoms with E-state index in [2.05, 4.69) is 25.5 Å². The second kappa shape index (κ2) is 6.65. The summed E-state index contributed by atoms with van der Waals surface area (Å²) < 4.78 is 3.74. The van der Waals surface area contributed by atoms with Crippen LogP contribution in [0, 0.1) is 0 Å². The van der Waals surface area contributed by atoms with Gasteiger partial charge in [0.1, 0.15) is 17.7 Å². The lowest BCUT2D eigenvalue weighted by Crippen LogP contribution is -2.26. The highest BCUT2D eigenvalue weighted by Crippen LogP contribution is 2.16. The van der Waals surface area contributed by atoms with Crippen LogP contribution in [0.4, 0.5) is 5.95 Å². The summed E-state index contributed by atoms with van der Waals surface area (Å²) in [6.45, 7) is 5.95. The molecular formula is C15H20N8O. The second-order valence-corrected chi connectivity index (χ2v) is 5.32. The number of carbonyl (C=O) groups excluding carboxylic acids is 1. The summed E-state index contributed by atoms with van der Waals surface area (Å²) in [6, 6.07) is 1.70. The summed E-state index contributed by atoms with van der Waals surface area (Å²) in [6.07, 6.45) is 3.84. The fourth-order valence-corrected chi connectivity index (χ4v) is 2.59. The molecule has 3 N–H and O–H groups in total. The summed E-state index contributed by atoms with van der Waals surface area (Å²) in [7, 11) is 0. The van der Waals surface area contributed by atoms with Gasteiger partial charge in [0, 0.05) is 32.3 Å². The minimum Gasteiger partial charge on any atom is -0.369 e. The van der Waals surface area contributed by atoms with E-state index < -0.39 is 0 Å². The average Bonchev–Trinajstić information content (AvgIpc) is 3.16. The fraction of sp³-hybridized carbons (Fsp3) is 0.400. The predicted molar refractivity (Wildman–Crippen MR) is 89.3 cm³/mol. The number of fused-ring (bicyclic) bond motifs is 1. The van der Waals surface area contributed by atoms with E-state index in [1.807, 2.05) is 18.4 Å². The maximum Gasteiger partial charge on any atom is 0.252 e. The summed E-state index contributed by atoms with van der Waals surface area (Å²) in [4.78, 5) is 20.8. The molecule has 1 amide bonds. The van der Waals surface area contributed by atoms with Crippen molar-refractivity contribution in [2.24, 2.45) is 0 Å². The van der Waals surface area contributed by atoms with Crippen molar-refractivity contribution < 1.29 is 4.79 Å². The van der Waals surface area contributed by atoms with Gasteiger partial charge in [-0.1, -0.05) is 0 Å². The molecule has 0 aliphatic rings. The first-order chi connectivity index (χ1) is 11.6. The van der Waals surface area contributed by atoms with Crippen LogP contribution in [0.15, 0.2) is 18.6 Å². The smallest absolute Gasteiger partial charge is 0.252 e. The highest BCUT2D eigenvalue weighted by molar-refractivity contribution is 5.96. The maximum atomic E-state index is 12.3. The molecule has 0 unspecified atom stereocenters. The number of anilines is 1. The molecule has 9 nitrogen and oxygen atoms in total. The summed E-state index contributed by atoms with van der Waals surface area (Å²) in [5, 5.41) is 10.8. The van der Waals surface area contributed by atoms with E-state index in [1.54, 1.807) is 23.2 Å². The van der Waals surface area contributed by atoms with Gasteiger partial charge < -0.3 is 15.6 Å². The van der Waals surface area contributed by atoms with Gasteiger partial charge in [0.15, 0.2) is 5.65 Å². The van der Waals surface area contributed by atoms with Gasteiger partial charge in [-0.25, -0.2) is 9.97 Å². The monoisotopic (exact) mass is 328 g/mol. The van der Waals surface area contributed by atoms with Crippen molar-refractivity contribution in [1.29, 1.82) is 0 Å². The Morgan fingerprint density at radius 1 is 1.33 bits per heavy atom. The van der Waals surface area contributed by atoms with Crippen LogP contribution in [0.5, 0.6) is 0 Å². The molecule has 0 saturated carbocycles. The van der Waals surface area contributed by atoms with Gasteiger partial charge in [-0.2, -0.15) is 0 Å². The van der Waals surface area contributed by atoms with Gasteiger partial charge in [-0.15, -0.1) is 10.2 Å². The first-order valence-corrected chi connectivity index (χ1v) is 7.90. The molecular weight excluding hydrogens is 308 g/mol. The number of aryl methyl sites for hydroxylation is 2. The van der Waals surface area contributed by atoms with Crippen LogP contribution < -0.4 is 11.1 Å². The lowest BCUT2D eigenvalue weighted by Gasteiger charge is -2.06. The van der Waals surface area contributed by atoms with Crippen molar-refractivity contribution in [3.05, 3.63) is 30.0 Å². The van der Waals surface area contributed by atoms with Gasteiger partial charge >= 0.3 is 0 Å². The van der Waals surface area contributed by atoms with Crippen LogP contribution >= 0.6 is 0 Å². The molecule has 0 fully saturated rings. The Kier molecular flexibility index (Phi) is 4.41. The molecule has 24 heavy (non-hydrogen) atoms. The number of nitrogens with one attached hydrogen (secondary N) is 1. The van der Waals surface area contributed by atoms with Crippen molar-refractivity contribution in [3.63, 3.8) is 0 Å². The Balaban J connectivity index is 1.68. The molecule has 3 aromatic heterocycles. The molecule has 0 spiro atoms. The van der Waals surface area contributed by atoms with E-state index in [4.69, 9.17) is 5.73 Å². The number of pyridine rings is 1. The molecule has 0 aliphatic carbocycles. The van der Waals surface area contributed by atoms with E-state index in [9.17, 15) is 4.79 Å². The molecule has 0 aliphatic heterocycles. The lowest BCUT2D eigenvalue weighted by molar-refractivity contribution is 0.0953. The van der Waals surface area contributed by atoms with Crippen LogP contribution in [0.25, 0.3) is 11.2 Å².